The number of anilines is 1. The van der Waals surface area contributed by atoms with Crippen LogP contribution in [-0.4, -0.2) is 41.8 Å². The van der Waals surface area contributed by atoms with Gasteiger partial charge in [-0.15, -0.1) is 5.10 Å². The average molecular weight is 292 g/mol. The van der Waals surface area contributed by atoms with Crippen molar-refractivity contribution in [3.8, 4) is 17.2 Å². The largest absolute Gasteiger partial charge is 0.493 e. The number of esters is 1. The summed E-state index contributed by atoms with van der Waals surface area (Å²) in [5.74, 6) is 0.579. The molecule has 0 bridgehead atoms. The second-order valence-electron chi connectivity index (χ2n) is 3.99. The molecule has 1 aromatic carbocycles. The van der Waals surface area contributed by atoms with Gasteiger partial charge in [-0.1, -0.05) is 5.21 Å². The summed E-state index contributed by atoms with van der Waals surface area (Å²) < 4.78 is 16.6. The van der Waals surface area contributed by atoms with E-state index in [9.17, 15) is 4.79 Å². The molecule has 0 saturated heterocycles. The molecular formula is C13H16N4O4. The fourth-order valence-corrected chi connectivity index (χ4v) is 1.78. The van der Waals surface area contributed by atoms with Crippen molar-refractivity contribution in [2.75, 3.05) is 26.6 Å². The SMILES string of the molecule is CCOC(=O)c1nnn(-c2ccc(OC)c(OC)c2)c1N. The second kappa shape index (κ2) is 6.12. The Morgan fingerprint density at radius 1 is 1.29 bits per heavy atom. The van der Waals surface area contributed by atoms with E-state index in [1.54, 1.807) is 32.2 Å². The van der Waals surface area contributed by atoms with Gasteiger partial charge >= 0.3 is 5.97 Å². The first kappa shape index (κ1) is 14.6. The maximum Gasteiger partial charge on any atom is 0.362 e. The highest BCUT2D eigenvalue weighted by Crippen LogP contribution is 2.29. The van der Waals surface area contributed by atoms with Crippen LogP contribution in [0.2, 0.25) is 0 Å². The Labute approximate surface area is 121 Å². The summed E-state index contributed by atoms with van der Waals surface area (Å²) in [6, 6.07) is 5.11. The van der Waals surface area contributed by atoms with E-state index in [1.165, 1.54) is 11.8 Å². The predicted molar refractivity (Wildman–Crippen MR) is 74.8 cm³/mol. The lowest BCUT2D eigenvalue weighted by Crippen LogP contribution is -2.09. The van der Waals surface area contributed by atoms with Crippen LogP contribution >= 0.6 is 0 Å². The summed E-state index contributed by atoms with van der Waals surface area (Å²) in [6.45, 7) is 1.94. The number of benzene rings is 1. The molecule has 0 atom stereocenters. The van der Waals surface area contributed by atoms with Gasteiger partial charge in [-0.05, 0) is 19.1 Å². The third-order valence-electron chi connectivity index (χ3n) is 2.79. The van der Waals surface area contributed by atoms with Crippen molar-refractivity contribution in [2.45, 2.75) is 6.92 Å². The van der Waals surface area contributed by atoms with Gasteiger partial charge in [0.2, 0.25) is 5.69 Å². The number of methoxy groups -OCH3 is 2. The van der Waals surface area contributed by atoms with Crippen LogP contribution in [0.4, 0.5) is 5.82 Å². The van der Waals surface area contributed by atoms with E-state index in [1.807, 2.05) is 0 Å². The lowest BCUT2D eigenvalue weighted by Gasteiger charge is -2.10. The van der Waals surface area contributed by atoms with E-state index < -0.39 is 5.97 Å². The summed E-state index contributed by atoms with van der Waals surface area (Å²) in [5, 5.41) is 7.61. The van der Waals surface area contributed by atoms with E-state index >= 15 is 0 Å². The van der Waals surface area contributed by atoms with Gasteiger partial charge in [0, 0.05) is 6.07 Å². The van der Waals surface area contributed by atoms with Crippen molar-refractivity contribution in [2.24, 2.45) is 0 Å². The Morgan fingerprint density at radius 2 is 2.00 bits per heavy atom. The first-order valence-corrected chi connectivity index (χ1v) is 6.23. The number of nitrogen functional groups attached to an aromatic ring is 1. The molecular weight excluding hydrogens is 276 g/mol. The molecule has 1 aromatic heterocycles. The molecule has 2 aromatic rings. The molecule has 0 fully saturated rings. The zero-order valence-corrected chi connectivity index (χ0v) is 12.0. The molecule has 21 heavy (non-hydrogen) atoms. The standard InChI is InChI=1S/C13H16N4O4/c1-4-21-13(18)11-12(14)17(16-15-11)8-5-6-9(19-2)10(7-8)20-3/h5-7H,4,14H2,1-3H3. The summed E-state index contributed by atoms with van der Waals surface area (Å²) >= 11 is 0. The Kier molecular flexibility index (Phi) is 4.27. The van der Waals surface area contributed by atoms with Crippen LogP contribution < -0.4 is 15.2 Å². The number of nitrogens with two attached hydrogens (primary N) is 1. The minimum absolute atomic E-state index is 0.0216. The minimum atomic E-state index is -0.610. The Morgan fingerprint density at radius 3 is 2.62 bits per heavy atom. The molecule has 1 heterocycles. The molecule has 0 aliphatic carbocycles. The number of rotatable bonds is 5. The van der Waals surface area contributed by atoms with E-state index in [0.717, 1.165) is 0 Å². The number of hydrogen-bond acceptors (Lipinski definition) is 7. The molecule has 0 aliphatic heterocycles. The molecule has 0 amide bonds. The van der Waals surface area contributed by atoms with Gasteiger partial charge in [-0.2, -0.15) is 4.68 Å². The minimum Gasteiger partial charge on any atom is -0.493 e. The molecule has 0 spiro atoms. The van der Waals surface area contributed by atoms with Crippen LogP contribution in [0.5, 0.6) is 11.5 Å². The van der Waals surface area contributed by atoms with Crippen molar-refractivity contribution in [1.29, 1.82) is 0 Å². The molecule has 0 radical (unpaired) electrons. The fourth-order valence-electron chi connectivity index (χ4n) is 1.78. The number of aromatic nitrogens is 3. The van der Waals surface area contributed by atoms with Crippen LogP contribution in [-0.2, 0) is 4.74 Å². The summed E-state index contributed by atoms with van der Waals surface area (Å²) in [5.41, 5.74) is 6.46. The lowest BCUT2D eigenvalue weighted by molar-refractivity contribution is 0.0520. The first-order chi connectivity index (χ1) is 10.1. The smallest absolute Gasteiger partial charge is 0.362 e. The molecule has 112 valence electrons. The maximum atomic E-state index is 11.7. The molecule has 0 aliphatic rings. The van der Waals surface area contributed by atoms with Crippen molar-refractivity contribution in [3.05, 3.63) is 23.9 Å². The number of nitrogens with zero attached hydrogens (tertiary/aromatic N) is 3. The van der Waals surface area contributed by atoms with E-state index in [0.29, 0.717) is 17.2 Å². The van der Waals surface area contributed by atoms with Gasteiger partial charge in [0.25, 0.3) is 0 Å². The third-order valence-corrected chi connectivity index (χ3v) is 2.79. The number of ether oxygens (including phenoxy) is 3. The summed E-state index contributed by atoms with van der Waals surface area (Å²) in [4.78, 5) is 11.7. The quantitative estimate of drug-likeness (QED) is 0.821. The summed E-state index contributed by atoms with van der Waals surface area (Å²) in [6.07, 6.45) is 0. The third kappa shape index (κ3) is 2.73. The highest BCUT2D eigenvalue weighted by Gasteiger charge is 2.20. The Bertz CT molecular complexity index is 654. The number of carbonyl (C=O) groups excluding carboxylic acids is 1. The van der Waals surface area contributed by atoms with Gasteiger partial charge < -0.3 is 19.9 Å². The normalized spacial score (nSPS) is 10.2. The monoisotopic (exact) mass is 292 g/mol. The van der Waals surface area contributed by atoms with Crippen LogP contribution in [0, 0.1) is 0 Å². The van der Waals surface area contributed by atoms with Crippen molar-refractivity contribution < 1.29 is 19.0 Å². The molecule has 8 heteroatoms. The van der Waals surface area contributed by atoms with Gasteiger partial charge in [0.05, 0.1) is 26.5 Å². The maximum absolute atomic E-state index is 11.7. The number of carbonyl (C=O) groups is 1. The Hall–Kier alpha value is -2.77. The van der Waals surface area contributed by atoms with E-state index in [-0.39, 0.29) is 18.1 Å². The summed E-state index contributed by atoms with van der Waals surface area (Å²) in [7, 11) is 3.07. The Balaban J connectivity index is 2.41. The van der Waals surface area contributed by atoms with Crippen molar-refractivity contribution in [3.63, 3.8) is 0 Å². The zero-order valence-electron chi connectivity index (χ0n) is 12.0. The molecule has 2 rings (SSSR count). The van der Waals surface area contributed by atoms with Gasteiger partial charge in [0.1, 0.15) is 0 Å². The zero-order chi connectivity index (χ0) is 15.4. The van der Waals surface area contributed by atoms with Crippen molar-refractivity contribution in [1.82, 2.24) is 15.0 Å². The highest BCUT2D eigenvalue weighted by atomic mass is 16.5. The lowest BCUT2D eigenvalue weighted by atomic mass is 10.2. The van der Waals surface area contributed by atoms with Crippen LogP contribution in [0.15, 0.2) is 18.2 Å². The van der Waals surface area contributed by atoms with Crippen LogP contribution in [0.25, 0.3) is 5.69 Å². The first-order valence-electron chi connectivity index (χ1n) is 6.23. The fraction of sp³-hybridized carbons (Fsp3) is 0.308. The van der Waals surface area contributed by atoms with E-state index in [4.69, 9.17) is 19.9 Å². The average Bonchev–Trinajstić information content (AvgIpc) is 2.88. The molecule has 8 nitrogen and oxygen atoms in total. The van der Waals surface area contributed by atoms with Crippen molar-refractivity contribution >= 4 is 11.8 Å². The van der Waals surface area contributed by atoms with Gasteiger partial charge in [-0.25, -0.2) is 4.79 Å². The highest BCUT2D eigenvalue weighted by molar-refractivity contribution is 5.92. The van der Waals surface area contributed by atoms with Crippen LogP contribution in [0.3, 0.4) is 0 Å². The predicted octanol–water partition coefficient (Wildman–Crippen LogP) is 1.04. The van der Waals surface area contributed by atoms with Crippen LogP contribution in [0.1, 0.15) is 17.4 Å². The van der Waals surface area contributed by atoms with Gasteiger partial charge in [-0.3, -0.25) is 0 Å². The molecule has 2 N–H and O–H groups in total. The van der Waals surface area contributed by atoms with Gasteiger partial charge in [0.15, 0.2) is 17.3 Å². The van der Waals surface area contributed by atoms with E-state index in [2.05, 4.69) is 10.3 Å². The topological polar surface area (TPSA) is 101 Å². The molecule has 0 unspecified atom stereocenters. The number of hydrogen-bond donors (Lipinski definition) is 1. The second-order valence-corrected chi connectivity index (χ2v) is 3.99. The molecule has 0 saturated carbocycles.